The molecule has 1 heterocycles. The van der Waals surface area contributed by atoms with Crippen LogP contribution < -0.4 is 0 Å². The van der Waals surface area contributed by atoms with Crippen molar-refractivity contribution in [2.45, 2.75) is 38.9 Å². The minimum atomic E-state index is -1.08. The van der Waals surface area contributed by atoms with Crippen LogP contribution in [-0.2, 0) is 6.42 Å². The summed E-state index contributed by atoms with van der Waals surface area (Å²) < 4.78 is 5.16. The molecule has 0 fully saturated rings. The fourth-order valence-electron chi connectivity index (χ4n) is 1.04. The Bertz CT molecular complexity index is 270. The molecule has 13 heavy (non-hydrogen) atoms. The van der Waals surface area contributed by atoms with Gasteiger partial charge in [0.15, 0.2) is 0 Å². The Morgan fingerprint density at radius 3 is 2.54 bits per heavy atom. The molecule has 1 aromatic heterocycles. The molecule has 0 saturated carbocycles. The highest BCUT2D eigenvalue weighted by Gasteiger charge is 2.25. The molecule has 1 atom stereocenters. The van der Waals surface area contributed by atoms with E-state index < -0.39 is 11.7 Å². The van der Waals surface area contributed by atoms with E-state index in [9.17, 15) is 10.2 Å². The van der Waals surface area contributed by atoms with Gasteiger partial charge in [-0.25, -0.2) is 0 Å². The molecule has 0 radical (unpaired) electrons. The monoisotopic (exact) mass is 184 g/mol. The van der Waals surface area contributed by atoms with Crippen molar-refractivity contribution < 1.29 is 14.6 Å². The van der Waals surface area contributed by atoms with Gasteiger partial charge in [0.25, 0.3) is 0 Å². The molecule has 0 bridgehead atoms. The third-order valence-corrected chi connectivity index (χ3v) is 2.16. The second-order valence-electron chi connectivity index (χ2n) is 3.90. The van der Waals surface area contributed by atoms with Crippen LogP contribution in [0.1, 0.15) is 25.2 Å². The number of aliphatic hydroxyl groups excluding tert-OH is 1. The molecule has 0 aliphatic heterocycles. The number of furan rings is 1. The fraction of sp³-hybridized carbons (Fsp3) is 0.600. The predicted octanol–water partition coefficient (Wildman–Crippen LogP) is 1.26. The average Bonchev–Trinajstić information content (AvgIpc) is 2.34. The SMILES string of the molecule is Cc1ccoc1CC(O)C(C)(C)O. The second kappa shape index (κ2) is 3.52. The number of rotatable bonds is 3. The summed E-state index contributed by atoms with van der Waals surface area (Å²) >= 11 is 0. The Morgan fingerprint density at radius 1 is 1.54 bits per heavy atom. The van der Waals surface area contributed by atoms with Crippen LogP contribution >= 0.6 is 0 Å². The van der Waals surface area contributed by atoms with Gasteiger partial charge in [0, 0.05) is 6.42 Å². The number of aryl methyl sites for hydroxylation is 1. The molecule has 0 spiro atoms. The van der Waals surface area contributed by atoms with Gasteiger partial charge in [0.05, 0.1) is 18.0 Å². The zero-order valence-electron chi connectivity index (χ0n) is 8.24. The summed E-state index contributed by atoms with van der Waals surface area (Å²) in [5.74, 6) is 0.731. The first-order valence-corrected chi connectivity index (χ1v) is 4.34. The number of hydrogen-bond donors (Lipinski definition) is 2. The molecule has 1 rings (SSSR count). The first kappa shape index (κ1) is 10.3. The first-order valence-electron chi connectivity index (χ1n) is 4.34. The lowest BCUT2D eigenvalue weighted by atomic mass is 9.97. The van der Waals surface area contributed by atoms with Gasteiger partial charge in [0.2, 0.25) is 0 Å². The van der Waals surface area contributed by atoms with Crippen LogP contribution in [0.2, 0.25) is 0 Å². The van der Waals surface area contributed by atoms with Crippen LogP contribution in [0.3, 0.4) is 0 Å². The van der Waals surface area contributed by atoms with E-state index in [1.807, 2.05) is 13.0 Å². The summed E-state index contributed by atoms with van der Waals surface area (Å²) in [5.41, 5.74) is -0.0810. The Hall–Kier alpha value is -0.800. The Kier molecular flexibility index (Phi) is 2.78. The summed E-state index contributed by atoms with van der Waals surface area (Å²) in [6.45, 7) is 5.07. The molecule has 3 heteroatoms. The van der Waals surface area contributed by atoms with E-state index in [4.69, 9.17) is 4.42 Å². The fourth-order valence-corrected chi connectivity index (χ4v) is 1.04. The van der Waals surface area contributed by atoms with E-state index >= 15 is 0 Å². The molecule has 1 unspecified atom stereocenters. The van der Waals surface area contributed by atoms with Crippen molar-refractivity contribution in [1.82, 2.24) is 0 Å². The van der Waals surface area contributed by atoms with Crippen LogP contribution in [0.4, 0.5) is 0 Å². The molecule has 3 nitrogen and oxygen atoms in total. The Labute approximate surface area is 78.0 Å². The third-order valence-electron chi connectivity index (χ3n) is 2.16. The van der Waals surface area contributed by atoms with Gasteiger partial charge >= 0.3 is 0 Å². The molecule has 0 amide bonds. The lowest BCUT2D eigenvalue weighted by Crippen LogP contribution is -2.37. The van der Waals surface area contributed by atoms with Gasteiger partial charge < -0.3 is 14.6 Å². The van der Waals surface area contributed by atoms with Crippen molar-refractivity contribution in [2.24, 2.45) is 0 Å². The van der Waals surface area contributed by atoms with Crippen molar-refractivity contribution in [3.63, 3.8) is 0 Å². The topological polar surface area (TPSA) is 53.6 Å². The lowest BCUT2D eigenvalue weighted by Gasteiger charge is -2.23. The molecule has 0 aliphatic rings. The van der Waals surface area contributed by atoms with Gasteiger partial charge in [-0.05, 0) is 32.4 Å². The van der Waals surface area contributed by atoms with Crippen LogP contribution in [0.15, 0.2) is 16.7 Å². The van der Waals surface area contributed by atoms with Crippen LogP contribution in [0, 0.1) is 6.92 Å². The summed E-state index contributed by atoms with van der Waals surface area (Å²) in [6.07, 6.45) is 1.14. The predicted molar refractivity (Wildman–Crippen MR) is 49.5 cm³/mol. The molecular formula is C10H16O3. The Balaban J connectivity index is 2.65. The summed E-state index contributed by atoms with van der Waals surface area (Å²) in [7, 11) is 0. The van der Waals surface area contributed by atoms with Gasteiger partial charge in [0.1, 0.15) is 5.76 Å². The molecule has 2 N–H and O–H groups in total. The molecule has 0 aliphatic carbocycles. The molecular weight excluding hydrogens is 168 g/mol. The first-order chi connectivity index (χ1) is 5.91. The van der Waals surface area contributed by atoms with Gasteiger partial charge in [-0.2, -0.15) is 0 Å². The zero-order valence-corrected chi connectivity index (χ0v) is 8.24. The normalized spacial score (nSPS) is 14.5. The number of hydrogen-bond acceptors (Lipinski definition) is 3. The second-order valence-corrected chi connectivity index (χ2v) is 3.90. The van der Waals surface area contributed by atoms with Crippen LogP contribution in [0.5, 0.6) is 0 Å². The maximum absolute atomic E-state index is 9.57. The molecule has 0 aromatic carbocycles. The van der Waals surface area contributed by atoms with Crippen molar-refractivity contribution in [2.75, 3.05) is 0 Å². The quantitative estimate of drug-likeness (QED) is 0.743. The maximum Gasteiger partial charge on any atom is 0.109 e. The minimum absolute atomic E-state index is 0.350. The minimum Gasteiger partial charge on any atom is -0.469 e. The largest absolute Gasteiger partial charge is 0.469 e. The van der Waals surface area contributed by atoms with Gasteiger partial charge in [-0.3, -0.25) is 0 Å². The van der Waals surface area contributed by atoms with E-state index in [-0.39, 0.29) is 0 Å². The molecule has 0 saturated heterocycles. The van der Waals surface area contributed by atoms with Crippen molar-refractivity contribution in [3.8, 4) is 0 Å². The number of aliphatic hydroxyl groups is 2. The highest BCUT2D eigenvalue weighted by atomic mass is 16.3. The van der Waals surface area contributed by atoms with Crippen molar-refractivity contribution in [1.29, 1.82) is 0 Å². The van der Waals surface area contributed by atoms with Crippen molar-refractivity contribution in [3.05, 3.63) is 23.7 Å². The standard InChI is InChI=1S/C10H16O3/c1-7-4-5-13-8(7)6-9(11)10(2,3)12/h4-5,9,11-12H,6H2,1-3H3. The van der Waals surface area contributed by atoms with E-state index in [0.29, 0.717) is 6.42 Å². The average molecular weight is 184 g/mol. The smallest absolute Gasteiger partial charge is 0.109 e. The van der Waals surface area contributed by atoms with E-state index in [2.05, 4.69) is 0 Å². The Morgan fingerprint density at radius 2 is 2.15 bits per heavy atom. The van der Waals surface area contributed by atoms with Gasteiger partial charge in [-0.1, -0.05) is 0 Å². The van der Waals surface area contributed by atoms with Crippen LogP contribution in [-0.4, -0.2) is 21.9 Å². The summed E-state index contributed by atoms with van der Waals surface area (Å²) in [4.78, 5) is 0. The lowest BCUT2D eigenvalue weighted by molar-refractivity contribution is -0.0490. The van der Waals surface area contributed by atoms with E-state index in [1.165, 1.54) is 0 Å². The van der Waals surface area contributed by atoms with E-state index in [1.54, 1.807) is 20.1 Å². The molecule has 74 valence electrons. The highest BCUT2D eigenvalue weighted by molar-refractivity contribution is 5.15. The third kappa shape index (κ3) is 2.57. The summed E-state index contributed by atoms with van der Waals surface area (Å²) in [5, 5.41) is 19.1. The highest BCUT2D eigenvalue weighted by Crippen LogP contribution is 2.17. The summed E-state index contributed by atoms with van der Waals surface area (Å²) in [6, 6.07) is 1.84. The maximum atomic E-state index is 9.57. The van der Waals surface area contributed by atoms with Crippen molar-refractivity contribution >= 4 is 0 Å². The van der Waals surface area contributed by atoms with Crippen LogP contribution in [0.25, 0.3) is 0 Å². The zero-order chi connectivity index (χ0) is 10.1. The molecule has 1 aromatic rings. The van der Waals surface area contributed by atoms with E-state index in [0.717, 1.165) is 11.3 Å². The van der Waals surface area contributed by atoms with Gasteiger partial charge in [-0.15, -0.1) is 0 Å².